The highest BCUT2D eigenvalue weighted by molar-refractivity contribution is 5.89. The van der Waals surface area contributed by atoms with Gasteiger partial charge in [0.05, 0.1) is 6.61 Å². The second-order valence-electron chi connectivity index (χ2n) is 6.36. The Morgan fingerprint density at radius 3 is 2.76 bits per heavy atom. The molecule has 1 aliphatic heterocycles. The predicted molar refractivity (Wildman–Crippen MR) is 101 cm³/mol. The van der Waals surface area contributed by atoms with Crippen LogP contribution >= 0.6 is 0 Å². The summed E-state index contributed by atoms with van der Waals surface area (Å²) >= 11 is 0. The Kier molecular flexibility index (Phi) is 5.43. The molecule has 2 aromatic rings. The van der Waals surface area contributed by atoms with E-state index in [0.717, 1.165) is 48.6 Å². The molecule has 0 radical (unpaired) electrons. The molecule has 1 aliphatic rings. The molecular formula is C20H25N3O2. The number of urea groups is 1. The summed E-state index contributed by atoms with van der Waals surface area (Å²) in [4.78, 5) is 14.3. The number of nitrogens with two attached hydrogens (primary N) is 1. The average molecular weight is 339 g/mol. The third-order valence-electron chi connectivity index (χ3n) is 4.40. The summed E-state index contributed by atoms with van der Waals surface area (Å²) in [5.41, 5.74) is 9.76. The van der Waals surface area contributed by atoms with E-state index in [9.17, 15) is 4.79 Å². The van der Waals surface area contributed by atoms with Crippen molar-refractivity contribution in [3.8, 4) is 5.75 Å². The van der Waals surface area contributed by atoms with Gasteiger partial charge in [0.1, 0.15) is 5.75 Å². The van der Waals surface area contributed by atoms with Crippen LogP contribution in [0.3, 0.4) is 0 Å². The minimum absolute atomic E-state index is 0.0901. The smallest absolute Gasteiger partial charge is 0.322 e. The van der Waals surface area contributed by atoms with Crippen LogP contribution in [-0.4, -0.2) is 24.1 Å². The van der Waals surface area contributed by atoms with E-state index in [4.69, 9.17) is 10.5 Å². The molecule has 3 N–H and O–H groups in total. The number of nitrogens with zero attached hydrogens (tertiary/aromatic N) is 1. The number of carbonyl (C=O) groups excluding carboxylic acids is 1. The number of ether oxygens (including phenoxy) is 1. The number of rotatable bonds is 5. The Morgan fingerprint density at radius 1 is 1.20 bits per heavy atom. The Bertz CT molecular complexity index is 728. The number of hydrogen-bond donors (Lipinski definition) is 2. The molecule has 5 heteroatoms. The fraction of sp³-hybridized carbons (Fsp3) is 0.350. The molecule has 0 aliphatic carbocycles. The lowest BCUT2D eigenvalue weighted by Gasteiger charge is -2.29. The van der Waals surface area contributed by atoms with Crippen LogP contribution in [0.25, 0.3) is 0 Å². The van der Waals surface area contributed by atoms with Crippen LogP contribution in [0.15, 0.2) is 42.5 Å². The first-order valence-corrected chi connectivity index (χ1v) is 8.82. The Balaban J connectivity index is 1.57. The molecule has 1 heterocycles. The van der Waals surface area contributed by atoms with Crippen molar-refractivity contribution in [2.24, 2.45) is 0 Å². The van der Waals surface area contributed by atoms with E-state index in [-0.39, 0.29) is 6.03 Å². The van der Waals surface area contributed by atoms with Gasteiger partial charge in [-0.1, -0.05) is 19.4 Å². The van der Waals surface area contributed by atoms with Crippen LogP contribution in [0.2, 0.25) is 0 Å². The molecule has 0 saturated heterocycles. The number of hydrogen-bond acceptors (Lipinski definition) is 3. The van der Waals surface area contributed by atoms with Gasteiger partial charge in [-0.15, -0.1) is 0 Å². The van der Waals surface area contributed by atoms with Gasteiger partial charge < -0.3 is 20.7 Å². The van der Waals surface area contributed by atoms with Crippen molar-refractivity contribution < 1.29 is 9.53 Å². The first kappa shape index (κ1) is 17.1. The zero-order chi connectivity index (χ0) is 17.6. The summed E-state index contributed by atoms with van der Waals surface area (Å²) in [6.45, 7) is 4.15. The molecule has 0 spiro atoms. The monoisotopic (exact) mass is 339 g/mol. The molecule has 0 unspecified atom stereocenters. The van der Waals surface area contributed by atoms with Crippen molar-refractivity contribution in [2.45, 2.75) is 32.7 Å². The van der Waals surface area contributed by atoms with Crippen molar-refractivity contribution in [2.75, 3.05) is 24.2 Å². The van der Waals surface area contributed by atoms with E-state index in [2.05, 4.69) is 18.3 Å². The minimum Gasteiger partial charge on any atom is -0.494 e. The standard InChI is InChI=1S/C20H25N3O2/c1-2-3-12-25-19-8-6-18(7-9-19)22-20(24)23-11-10-15-4-5-17(21)13-16(15)14-23/h4-9,13H,2-3,10-12,14,21H2,1H3,(H,22,24). The third-order valence-corrected chi connectivity index (χ3v) is 4.40. The molecule has 0 fully saturated rings. The normalized spacial score (nSPS) is 13.2. The van der Waals surface area contributed by atoms with Gasteiger partial charge >= 0.3 is 6.03 Å². The second-order valence-corrected chi connectivity index (χ2v) is 6.36. The lowest BCUT2D eigenvalue weighted by molar-refractivity contribution is 0.206. The van der Waals surface area contributed by atoms with Gasteiger partial charge in [-0.2, -0.15) is 0 Å². The fourth-order valence-corrected chi connectivity index (χ4v) is 2.92. The van der Waals surface area contributed by atoms with Crippen LogP contribution in [0.5, 0.6) is 5.75 Å². The molecule has 2 aromatic carbocycles. The van der Waals surface area contributed by atoms with Crippen LogP contribution < -0.4 is 15.8 Å². The lowest BCUT2D eigenvalue weighted by atomic mass is 9.99. The van der Waals surface area contributed by atoms with Gasteiger partial charge in [0.15, 0.2) is 0 Å². The van der Waals surface area contributed by atoms with Crippen molar-refractivity contribution in [3.63, 3.8) is 0 Å². The Morgan fingerprint density at radius 2 is 2.00 bits per heavy atom. The minimum atomic E-state index is -0.0901. The van der Waals surface area contributed by atoms with Crippen molar-refractivity contribution in [1.82, 2.24) is 4.90 Å². The number of unbranched alkanes of at least 4 members (excludes halogenated alkanes) is 1. The number of nitrogens with one attached hydrogen (secondary N) is 1. The number of fused-ring (bicyclic) bond motifs is 1. The number of nitrogen functional groups attached to an aromatic ring is 1. The van der Waals surface area contributed by atoms with E-state index < -0.39 is 0 Å². The number of benzene rings is 2. The maximum atomic E-state index is 12.5. The molecule has 0 saturated carbocycles. The summed E-state index contributed by atoms with van der Waals surface area (Å²) in [5.74, 6) is 0.828. The topological polar surface area (TPSA) is 67.6 Å². The van der Waals surface area contributed by atoms with E-state index in [1.165, 1.54) is 5.56 Å². The maximum absolute atomic E-state index is 12.5. The number of amides is 2. The van der Waals surface area contributed by atoms with E-state index >= 15 is 0 Å². The molecule has 5 nitrogen and oxygen atoms in total. The Labute approximate surface area is 148 Å². The van der Waals surface area contributed by atoms with Crippen molar-refractivity contribution in [3.05, 3.63) is 53.6 Å². The molecule has 2 amide bonds. The average Bonchev–Trinajstić information content (AvgIpc) is 2.62. The molecular weight excluding hydrogens is 314 g/mol. The molecule has 0 aromatic heterocycles. The SMILES string of the molecule is CCCCOc1ccc(NC(=O)N2CCc3ccc(N)cc3C2)cc1. The molecule has 0 bridgehead atoms. The summed E-state index contributed by atoms with van der Waals surface area (Å²) in [5, 5.41) is 2.95. The highest BCUT2D eigenvalue weighted by atomic mass is 16.5. The van der Waals surface area contributed by atoms with Crippen LogP contribution in [-0.2, 0) is 13.0 Å². The second kappa shape index (κ2) is 7.92. The lowest BCUT2D eigenvalue weighted by Crippen LogP contribution is -2.38. The summed E-state index contributed by atoms with van der Waals surface area (Å²) in [6, 6.07) is 13.3. The fourth-order valence-electron chi connectivity index (χ4n) is 2.92. The van der Waals surface area contributed by atoms with E-state index in [1.807, 2.05) is 41.3 Å². The quantitative estimate of drug-likeness (QED) is 0.638. The maximum Gasteiger partial charge on any atom is 0.322 e. The highest BCUT2D eigenvalue weighted by Gasteiger charge is 2.20. The van der Waals surface area contributed by atoms with Gasteiger partial charge in [-0.25, -0.2) is 4.79 Å². The zero-order valence-corrected chi connectivity index (χ0v) is 14.6. The molecule has 3 rings (SSSR count). The summed E-state index contributed by atoms with van der Waals surface area (Å²) in [6.07, 6.45) is 3.01. The number of anilines is 2. The van der Waals surface area contributed by atoms with Crippen molar-refractivity contribution >= 4 is 17.4 Å². The molecule has 25 heavy (non-hydrogen) atoms. The van der Waals surface area contributed by atoms with Crippen molar-refractivity contribution in [1.29, 1.82) is 0 Å². The first-order chi connectivity index (χ1) is 12.2. The first-order valence-electron chi connectivity index (χ1n) is 8.82. The Hall–Kier alpha value is -2.69. The predicted octanol–water partition coefficient (Wildman–Crippen LogP) is 4.04. The van der Waals surface area contributed by atoms with Crippen LogP contribution in [0, 0.1) is 0 Å². The van der Waals surface area contributed by atoms with Crippen LogP contribution in [0.4, 0.5) is 16.2 Å². The third kappa shape index (κ3) is 4.44. The van der Waals surface area contributed by atoms with Gasteiger partial charge in [0, 0.05) is 24.5 Å². The number of carbonyl (C=O) groups is 1. The molecule has 132 valence electrons. The van der Waals surface area contributed by atoms with E-state index in [1.54, 1.807) is 0 Å². The summed E-state index contributed by atoms with van der Waals surface area (Å²) in [7, 11) is 0. The largest absolute Gasteiger partial charge is 0.494 e. The zero-order valence-electron chi connectivity index (χ0n) is 14.6. The van der Waals surface area contributed by atoms with Gasteiger partial charge in [0.25, 0.3) is 0 Å². The van der Waals surface area contributed by atoms with Gasteiger partial charge in [-0.05, 0) is 60.4 Å². The highest BCUT2D eigenvalue weighted by Crippen LogP contribution is 2.22. The molecule has 0 atom stereocenters. The van der Waals surface area contributed by atoms with E-state index in [0.29, 0.717) is 13.1 Å². The van der Waals surface area contributed by atoms with Gasteiger partial charge in [0.2, 0.25) is 0 Å². The summed E-state index contributed by atoms with van der Waals surface area (Å²) < 4.78 is 5.64. The van der Waals surface area contributed by atoms with Gasteiger partial charge in [-0.3, -0.25) is 0 Å². The van der Waals surface area contributed by atoms with Crippen LogP contribution in [0.1, 0.15) is 30.9 Å².